The molecular weight excluding hydrogens is 304 g/mol. The van der Waals surface area contributed by atoms with Crippen molar-refractivity contribution in [1.82, 2.24) is 10.2 Å². The zero-order valence-electron chi connectivity index (χ0n) is 6.34. The maximum atomic E-state index is 13.2. The fourth-order valence-electron chi connectivity index (χ4n) is 0.975. The van der Waals surface area contributed by atoms with Crippen LogP contribution in [-0.4, -0.2) is 10.2 Å². The summed E-state index contributed by atoms with van der Waals surface area (Å²) in [5, 5.41) is 8.00. The SMILES string of the molecule is Nc1n[nH]c(-c2csc(I)c2)c1F. The van der Waals surface area contributed by atoms with Crippen LogP contribution in [0.15, 0.2) is 11.4 Å². The van der Waals surface area contributed by atoms with Gasteiger partial charge in [-0.25, -0.2) is 4.39 Å². The standard InChI is InChI=1S/C7H5FIN3S/c8-5-6(11-12-7(5)10)3-1-4(9)13-2-3/h1-2H,(H3,10,11,12). The van der Waals surface area contributed by atoms with Crippen LogP contribution >= 0.6 is 33.9 Å². The van der Waals surface area contributed by atoms with Crippen LogP contribution in [0.1, 0.15) is 0 Å². The van der Waals surface area contributed by atoms with Crippen LogP contribution in [0.2, 0.25) is 0 Å². The molecule has 0 unspecified atom stereocenters. The van der Waals surface area contributed by atoms with E-state index < -0.39 is 5.82 Å². The molecule has 0 amide bonds. The molecule has 0 radical (unpaired) electrons. The first kappa shape index (κ1) is 8.95. The molecule has 0 saturated carbocycles. The number of aromatic amines is 1. The van der Waals surface area contributed by atoms with Crippen molar-refractivity contribution in [2.45, 2.75) is 0 Å². The highest BCUT2D eigenvalue weighted by Crippen LogP contribution is 2.28. The third-order valence-corrected chi connectivity index (χ3v) is 3.38. The van der Waals surface area contributed by atoms with Gasteiger partial charge in [0.1, 0.15) is 5.69 Å². The Balaban J connectivity index is 2.52. The van der Waals surface area contributed by atoms with Crippen molar-refractivity contribution in [3.63, 3.8) is 0 Å². The highest BCUT2D eigenvalue weighted by atomic mass is 127. The molecule has 0 bridgehead atoms. The van der Waals surface area contributed by atoms with Crippen molar-refractivity contribution in [3.8, 4) is 11.3 Å². The molecule has 3 N–H and O–H groups in total. The summed E-state index contributed by atoms with van der Waals surface area (Å²) < 4.78 is 14.3. The lowest BCUT2D eigenvalue weighted by molar-refractivity contribution is 0.636. The van der Waals surface area contributed by atoms with Gasteiger partial charge in [-0.3, -0.25) is 5.10 Å². The molecule has 0 atom stereocenters. The fraction of sp³-hybridized carbons (Fsp3) is 0. The van der Waals surface area contributed by atoms with E-state index in [0.29, 0.717) is 5.69 Å². The highest BCUT2D eigenvalue weighted by Gasteiger charge is 2.12. The van der Waals surface area contributed by atoms with Gasteiger partial charge in [0.2, 0.25) is 0 Å². The molecule has 0 aromatic carbocycles. The average Bonchev–Trinajstić information content (AvgIpc) is 2.62. The third kappa shape index (κ3) is 1.55. The number of hydrogen-bond donors (Lipinski definition) is 2. The first-order chi connectivity index (χ1) is 6.18. The molecule has 0 spiro atoms. The van der Waals surface area contributed by atoms with Crippen LogP contribution in [0, 0.1) is 8.70 Å². The van der Waals surface area contributed by atoms with Crippen molar-refractivity contribution in [3.05, 3.63) is 20.1 Å². The van der Waals surface area contributed by atoms with Crippen molar-refractivity contribution < 1.29 is 4.39 Å². The summed E-state index contributed by atoms with van der Waals surface area (Å²) in [6, 6.07) is 1.88. The zero-order chi connectivity index (χ0) is 9.42. The van der Waals surface area contributed by atoms with E-state index in [1.807, 2.05) is 11.4 Å². The van der Waals surface area contributed by atoms with Crippen LogP contribution in [0.5, 0.6) is 0 Å². The van der Waals surface area contributed by atoms with E-state index in [1.54, 1.807) is 11.3 Å². The number of rotatable bonds is 1. The minimum Gasteiger partial charge on any atom is -0.380 e. The van der Waals surface area contributed by atoms with Crippen LogP contribution in [0.3, 0.4) is 0 Å². The van der Waals surface area contributed by atoms with Crippen molar-refractivity contribution >= 4 is 39.7 Å². The first-order valence-corrected chi connectivity index (χ1v) is 5.38. The van der Waals surface area contributed by atoms with Crippen molar-refractivity contribution in [2.24, 2.45) is 0 Å². The number of nitrogen functional groups attached to an aromatic ring is 1. The number of nitrogens with zero attached hydrogens (tertiary/aromatic N) is 1. The number of anilines is 1. The Morgan fingerprint density at radius 2 is 2.38 bits per heavy atom. The molecular formula is C7H5FIN3S. The third-order valence-electron chi connectivity index (χ3n) is 1.59. The monoisotopic (exact) mass is 309 g/mol. The number of halogens is 2. The number of nitrogens with one attached hydrogen (secondary N) is 1. The molecule has 2 heterocycles. The van der Waals surface area contributed by atoms with E-state index in [1.165, 1.54) is 0 Å². The van der Waals surface area contributed by atoms with E-state index in [2.05, 4.69) is 32.8 Å². The Morgan fingerprint density at radius 3 is 2.85 bits per heavy atom. The number of nitrogens with two attached hydrogens (primary N) is 1. The van der Waals surface area contributed by atoms with Gasteiger partial charge < -0.3 is 5.73 Å². The minimum atomic E-state index is -0.478. The molecule has 3 nitrogen and oxygen atoms in total. The molecule has 0 fully saturated rings. The molecule has 2 aromatic rings. The fourth-order valence-corrected chi connectivity index (χ4v) is 2.31. The van der Waals surface area contributed by atoms with Gasteiger partial charge in [0, 0.05) is 10.9 Å². The van der Waals surface area contributed by atoms with E-state index in [0.717, 1.165) is 8.45 Å². The predicted octanol–water partition coefficient (Wildman–Crippen LogP) is 2.46. The van der Waals surface area contributed by atoms with Gasteiger partial charge in [-0.05, 0) is 28.7 Å². The lowest BCUT2D eigenvalue weighted by atomic mass is 10.2. The lowest BCUT2D eigenvalue weighted by Crippen LogP contribution is -1.86. The highest BCUT2D eigenvalue weighted by molar-refractivity contribution is 14.1. The normalized spacial score (nSPS) is 10.6. The molecule has 0 saturated heterocycles. The van der Waals surface area contributed by atoms with Crippen LogP contribution in [-0.2, 0) is 0 Å². The quantitative estimate of drug-likeness (QED) is 0.795. The second-order valence-electron chi connectivity index (χ2n) is 2.44. The summed E-state index contributed by atoms with van der Waals surface area (Å²) in [6.45, 7) is 0. The van der Waals surface area contributed by atoms with E-state index in [9.17, 15) is 4.39 Å². The Morgan fingerprint density at radius 1 is 1.62 bits per heavy atom. The van der Waals surface area contributed by atoms with Gasteiger partial charge in [-0.15, -0.1) is 11.3 Å². The van der Waals surface area contributed by atoms with Crippen LogP contribution < -0.4 is 5.73 Å². The van der Waals surface area contributed by atoms with Crippen LogP contribution in [0.4, 0.5) is 10.2 Å². The number of thiophene rings is 1. The molecule has 13 heavy (non-hydrogen) atoms. The molecule has 6 heteroatoms. The van der Waals surface area contributed by atoms with E-state index >= 15 is 0 Å². The Labute approximate surface area is 91.3 Å². The largest absolute Gasteiger partial charge is 0.380 e. The lowest BCUT2D eigenvalue weighted by Gasteiger charge is -1.89. The Kier molecular flexibility index (Phi) is 2.24. The van der Waals surface area contributed by atoms with Gasteiger partial charge in [0.15, 0.2) is 11.6 Å². The van der Waals surface area contributed by atoms with Gasteiger partial charge in [0.25, 0.3) is 0 Å². The summed E-state index contributed by atoms with van der Waals surface area (Å²) in [4.78, 5) is 0. The summed E-state index contributed by atoms with van der Waals surface area (Å²) >= 11 is 3.73. The smallest absolute Gasteiger partial charge is 0.192 e. The van der Waals surface area contributed by atoms with Gasteiger partial charge in [-0.2, -0.15) is 5.10 Å². The van der Waals surface area contributed by atoms with Gasteiger partial charge >= 0.3 is 0 Å². The second kappa shape index (κ2) is 3.26. The Bertz CT molecular complexity index is 437. The molecule has 68 valence electrons. The first-order valence-electron chi connectivity index (χ1n) is 3.42. The molecule has 0 aliphatic heterocycles. The maximum Gasteiger partial charge on any atom is 0.192 e. The van der Waals surface area contributed by atoms with Crippen LogP contribution in [0.25, 0.3) is 11.3 Å². The number of aromatic nitrogens is 2. The molecule has 2 aromatic heterocycles. The van der Waals surface area contributed by atoms with Gasteiger partial charge in [-0.1, -0.05) is 0 Å². The number of H-pyrrole nitrogens is 1. The second-order valence-corrected chi connectivity index (χ2v) is 5.24. The topological polar surface area (TPSA) is 54.7 Å². The molecule has 0 aliphatic carbocycles. The summed E-state index contributed by atoms with van der Waals surface area (Å²) in [5.74, 6) is -0.564. The zero-order valence-corrected chi connectivity index (χ0v) is 9.32. The summed E-state index contributed by atoms with van der Waals surface area (Å²) in [6.07, 6.45) is 0. The minimum absolute atomic E-state index is 0.0868. The van der Waals surface area contributed by atoms with E-state index in [-0.39, 0.29) is 5.82 Å². The summed E-state index contributed by atoms with van der Waals surface area (Å²) in [7, 11) is 0. The van der Waals surface area contributed by atoms with Gasteiger partial charge in [0.05, 0.1) is 2.88 Å². The predicted molar refractivity (Wildman–Crippen MR) is 59.0 cm³/mol. The summed E-state index contributed by atoms with van der Waals surface area (Å²) in [5.41, 5.74) is 6.42. The molecule has 2 rings (SSSR count). The van der Waals surface area contributed by atoms with E-state index in [4.69, 9.17) is 5.73 Å². The molecule has 0 aliphatic rings. The average molecular weight is 309 g/mol. The number of hydrogen-bond acceptors (Lipinski definition) is 3. The van der Waals surface area contributed by atoms with Crippen molar-refractivity contribution in [2.75, 3.05) is 5.73 Å². The van der Waals surface area contributed by atoms with Crippen molar-refractivity contribution in [1.29, 1.82) is 0 Å². The maximum absolute atomic E-state index is 13.2. The Hall–Kier alpha value is -0.630.